The number of carbonyl (C=O) groups excluding carboxylic acids is 1. The van der Waals surface area contributed by atoms with E-state index in [4.69, 9.17) is 10.9 Å². The van der Waals surface area contributed by atoms with E-state index in [-0.39, 0.29) is 18.2 Å². The van der Waals surface area contributed by atoms with Gasteiger partial charge in [-0.2, -0.15) is 0 Å². The molecular weight excluding hydrogens is 342 g/mol. The predicted octanol–water partition coefficient (Wildman–Crippen LogP) is 1.47. The molecule has 2 aromatic rings. The number of carbonyl (C=O) groups is 2. The Labute approximate surface area is 148 Å². The largest absolute Gasteiger partial charge is 0.481 e. The molecule has 9 heteroatoms. The number of nitrogens with one attached hydrogen (secondary N) is 2. The lowest BCUT2D eigenvalue weighted by atomic mass is 10.1. The molecule has 5 N–H and O–H groups in total. The number of amides is 1. The maximum atomic E-state index is 12.3. The second-order valence-electron chi connectivity index (χ2n) is 4.84. The molecular formula is C16H17N5O3S. The zero-order valence-electron chi connectivity index (χ0n) is 13.2. The number of carboxylic acids is 1. The topological polar surface area (TPSA) is 130 Å². The lowest BCUT2D eigenvalue weighted by Crippen LogP contribution is -2.28. The average Bonchev–Trinajstić information content (AvgIpc) is 2.62. The van der Waals surface area contributed by atoms with E-state index in [1.165, 1.54) is 0 Å². The fourth-order valence-electron chi connectivity index (χ4n) is 1.88. The monoisotopic (exact) mass is 359 g/mol. The van der Waals surface area contributed by atoms with Crippen LogP contribution in [0.25, 0.3) is 0 Å². The van der Waals surface area contributed by atoms with E-state index >= 15 is 0 Å². The Morgan fingerprint density at radius 3 is 2.80 bits per heavy atom. The van der Waals surface area contributed by atoms with E-state index in [0.717, 1.165) is 17.3 Å². The molecule has 0 unspecified atom stereocenters. The summed E-state index contributed by atoms with van der Waals surface area (Å²) >= 11 is 0.989. The summed E-state index contributed by atoms with van der Waals surface area (Å²) in [6.07, 6.45) is 3.19. The number of hydrogen-bond donors (Lipinski definition) is 4. The van der Waals surface area contributed by atoms with Gasteiger partial charge in [0.05, 0.1) is 24.2 Å². The van der Waals surface area contributed by atoms with Gasteiger partial charge < -0.3 is 15.8 Å². The summed E-state index contributed by atoms with van der Waals surface area (Å²) in [5, 5.41) is 11.7. The molecule has 1 heterocycles. The summed E-state index contributed by atoms with van der Waals surface area (Å²) in [5.74, 6) is 3.97. The van der Waals surface area contributed by atoms with Gasteiger partial charge in [-0.1, -0.05) is 23.9 Å². The van der Waals surface area contributed by atoms with Gasteiger partial charge in [0.1, 0.15) is 0 Å². The average molecular weight is 359 g/mol. The molecule has 0 aliphatic rings. The summed E-state index contributed by atoms with van der Waals surface area (Å²) in [7, 11) is 0. The molecule has 130 valence electrons. The van der Waals surface area contributed by atoms with Gasteiger partial charge in [-0.15, -0.1) is 0 Å². The van der Waals surface area contributed by atoms with Crippen molar-refractivity contribution in [2.75, 3.05) is 11.1 Å². The molecule has 0 atom stereocenters. The van der Waals surface area contributed by atoms with Crippen LogP contribution in [0.2, 0.25) is 0 Å². The van der Waals surface area contributed by atoms with Crippen molar-refractivity contribution in [3.8, 4) is 0 Å². The number of hydrogen-bond acceptors (Lipinski definition) is 6. The molecule has 0 bridgehead atoms. The van der Waals surface area contributed by atoms with Gasteiger partial charge in [0.2, 0.25) is 0 Å². The fourth-order valence-corrected chi connectivity index (χ4v) is 2.38. The molecule has 8 nitrogen and oxygen atoms in total. The third-order valence-electron chi connectivity index (χ3n) is 2.97. The van der Waals surface area contributed by atoms with Crippen molar-refractivity contribution in [2.24, 2.45) is 10.8 Å². The maximum absolute atomic E-state index is 12.3. The van der Waals surface area contributed by atoms with Crippen LogP contribution >= 0.6 is 11.8 Å². The summed E-state index contributed by atoms with van der Waals surface area (Å²) in [4.78, 5) is 31.0. The van der Waals surface area contributed by atoms with Gasteiger partial charge in [-0.3, -0.25) is 19.6 Å². The number of rotatable bonds is 6. The Bertz CT molecular complexity index is 767. The number of pyridine rings is 1. The number of carboxylic acid groups (broad SMARTS) is 1. The van der Waals surface area contributed by atoms with Crippen LogP contribution < -0.4 is 16.6 Å². The summed E-state index contributed by atoms with van der Waals surface area (Å²) in [6.45, 7) is 0.264. The van der Waals surface area contributed by atoms with Crippen LogP contribution in [0, 0.1) is 0 Å². The van der Waals surface area contributed by atoms with Gasteiger partial charge in [0.25, 0.3) is 5.91 Å². The first-order valence-electron chi connectivity index (χ1n) is 7.24. The molecule has 0 fully saturated rings. The van der Waals surface area contributed by atoms with Crippen molar-refractivity contribution >= 4 is 34.5 Å². The highest BCUT2D eigenvalue weighted by molar-refractivity contribution is 8.14. The number of amidine groups is 1. The lowest BCUT2D eigenvalue weighted by Gasteiger charge is -2.07. The molecule has 0 saturated carbocycles. The number of aliphatic imine (C=N–C) groups is 1. The van der Waals surface area contributed by atoms with Crippen molar-refractivity contribution in [3.63, 3.8) is 0 Å². The van der Waals surface area contributed by atoms with Crippen molar-refractivity contribution in [1.29, 1.82) is 0 Å². The van der Waals surface area contributed by atoms with Gasteiger partial charge in [0.15, 0.2) is 5.17 Å². The van der Waals surface area contributed by atoms with Gasteiger partial charge in [-0.25, -0.2) is 5.84 Å². The maximum Gasteiger partial charge on any atom is 0.313 e. The van der Waals surface area contributed by atoms with E-state index in [2.05, 4.69) is 20.7 Å². The van der Waals surface area contributed by atoms with Gasteiger partial charge in [0, 0.05) is 11.8 Å². The van der Waals surface area contributed by atoms with Crippen LogP contribution in [-0.4, -0.2) is 32.9 Å². The number of benzene rings is 1. The Morgan fingerprint density at radius 1 is 1.28 bits per heavy atom. The van der Waals surface area contributed by atoms with E-state index in [0.29, 0.717) is 16.4 Å². The zero-order valence-corrected chi connectivity index (χ0v) is 14.0. The highest BCUT2D eigenvalue weighted by Gasteiger charge is 2.07. The van der Waals surface area contributed by atoms with Gasteiger partial charge in [-0.05, 0) is 29.8 Å². The molecule has 0 aliphatic carbocycles. The third kappa shape index (κ3) is 6.24. The van der Waals surface area contributed by atoms with E-state index < -0.39 is 5.97 Å². The number of thioether (sulfide) groups is 1. The Kier molecular flexibility index (Phi) is 6.93. The molecule has 1 amide bonds. The van der Waals surface area contributed by atoms with Crippen molar-refractivity contribution in [1.82, 2.24) is 10.4 Å². The van der Waals surface area contributed by atoms with Crippen molar-refractivity contribution in [2.45, 2.75) is 6.54 Å². The molecule has 0 spiro atoms. The standard InChI is InChI=1S/C16H17N5O3S/c17-21-16(25-10-14(22)23)19-8-11-3-1-4-12(7-11)15(24)20-13-5-2-6-18-9-13/h1-7,9H,8,10,17H2,(H,19,21)(H,20,24)(H,22,23). The molecule has 0 aliphatic heterocycles. The Hall–Kier alpha value is -2.91. The Balaban J connectivity index is 2.02. The summed E-state index contributed by atoms with van der Waals surface area (Å²) < 4.78 is 0. The van der Waals surface area contributed by atoms with Crippen LogP contribution in [0.1, 0.15) is 15.9 Å². The first kappa shape index (κ1) is 18.4. The molecule has 1 aromatic carbocycles. The number of hydrazine groups is 1. The Morgan fingerprint density at radius 2 is 2.12 bits per heavy atom. The number of nitrogens with two attached hydrogens (primary N) is 1. The summed E-state index contributed by atoms with van der Waals surface area (Å²) in [5.41, 5.74) is 4.25. The van der Waals surface area contributed by atoms with E-state index in [9.17, 15) is 9.59 Å². The summed E-state index contributed by atoms with van der Waals surface area (Å²) in [6, 6.07) is 10.5. The molecule has 1 aromatic heterocycles. The minimum atomic E-state index is -0.956. The van der Waals surface area contributed by atoms with Gasteiger partial charge >= 0.3 is 5.97 Å². The van der Waals surface area contributed by atoms with Crippen LogP contribution in [0.3, 0.4) is 0 Å². The first-order chi connectivity index (χ1) is 12.1. The van der Waals surface area contributed by atoms with Crippen LogP contribution in [0.5, 0.6) is 0 Å². The highest BCUT2D eigenvalue weighted by atomic mass is 32.2. The molecule has 25 heavy (non-hydrogen) atoms. The number of nitrogens with zero attached hydrogens (tertiary/aromatic N) is 2. The van der Waals surface area contributed by atoms with Crippen LogP contribution in [0.15, 0.2) is 53.8 Å². The van der Waals surface area contributed by atoms with Crippen molar-refractivity contribution in [3.05, 3.63) is 59.9 Å². The van der Waals surface area contributed by atoms with Crippen molar-refractivity contribution < 1.29 is 14.7 Å². The molecule has 0 saturated heterocycles. The van der Waals surface area contributed by atoms with E-state index in [1.807, 2.05) is 6.07 Å². The SMILES string of the molecule is NNC(=NCc1cccc(C(=O)Nc2cccnc2)c1)SCC(=O)O. The van der Waals surface area contributed by atoms with E-state index in [1.54, 1.807) is 42.7 Å². The zero-order chi connectivity index (χ0) is 18.1. The number of aromatic nitrogens is 1. The number of aliphatic carboxylic acids is 1. The smallest absolute Gasteiger partial charge is 0.313 e. The lowest BCUT2D eigenvalue weighted by molar-refractivity contribution is -0.133. The predicted molar refractivity (Wildman–Crippen MR) is 97.2 cm³/mol. The quantitative estimate of drug-likeness (QED) is 0.266. The highest BCUT2D eigenvalue weighted by Crippen LogP contribution is 2.11. The minimum Gasteiger partial charge on any atom is -0.481 e. The second-order valence-corrected chi connectivity index (χ2v) is 5.81. The third-order valence-corrected chi connectivity index (χ3v) is 3.88. The minimum absolute atomic E-state index is 0.142. The van der Waals surface area contributed by atoms with Crippen LogP contribution in [0.4, 0.5) is 5.69 Å². The number of anilines is 1. The van der Waals surface area contributed by atoms with Crippen LogP contribution in [-0.2, 0) is 11.3 Å². The first-order valence-corrected chi connectivity index (χ1v) is 8.23. The normalized spacial score (nSPS) is 11.0. The molecule has 0 radical (unpaired) electrons. The second kappa shape index (κ2) is 9.40. The molecule has 2 rings (SSSR count). The fraction of sp³-hybridized carbons (Fsp3) is 0.125.